The molecule has 0 saturated carbocycles. The molecule has 1 saturated heterocycles. The molecule has 1 fully saturated rings. The number of nitrogens with one attached hydrogen (secondary N) is 2. The molecule has 2 aliphatic rings. The predicted molar refractivity (Wildman–Crippen MR) is 94.2 cm³/mol. The van der Waals surface area contributed by atoms with Crippen LogP contribution in [0.4, 0.5) is 14.9 Å². The number of fused-ring (bicyclic) bond motifs is 2. The highest BCUT2D eigenvalue weighted by molar-refractivity contribution is 7.10. The van der Waals surface area contributed by atoms with Crippen LogP contribution in [0.3, 0.4) is 0 Å². The maximum Gasteiger partial charge on any atom is 0.325 e. The van der Waals surface area contributed by atoms with Crippen molar-refractivity contribution < 1.29 is 18.8 Å². The zero-order valence-corrected chi connectivity index (χ0v) is 14.6. The van der Waals surface area contributed by atoms with Crippen LogP contribution in [0.5, 0.6) is 0 Å². The standard InChI is InChI=1S/C18H16FN3O3S/c19-11-3-1-4-12(9-11)20-15(23)10-22-16(24)18(21-17(22)25)7-2-5-14-13(18)6-8-26-14/h1,3-4,6,8-9H,2,5,7,10H2,(H,20,23)(H,21,25). The van der Waals surface area contributed by atoms with E-state index in [2.05, 4.69) is 10.6 Å². The molecule has 1 aromatic carbocycles. The smallest absolute Gasteiger partial charge is 0.324 e. The average molecular weight is 373 g/mol. The molecule has 2 N–H and O–H groups in total. The lowest BCUT2D eigenvalue weighted by Gasteiger charge is -2.31. The monoisotopic (exact) mass is 373 g/mol. The molecule has 6 nitrogen and oxygen atoms in total. The maximum atomic E-state index is 13.2. The fourth-order valence-corrected chi connectivity index (χ4v) is 4.60. The van der Waals surface area contributed by atoms with E-state index >= 15 is 0 Å². The number of thiophene rings is 1. The van der Waals surface area contributed by atoms with Gasteiger partial charge in [0.15, 0.2) is 0 Å². The Labute approximate surface area is 153 Å². The third-order valence-corrected chi connectivity index (χ3v) is 5.73. The third kappa shape index (κ3) is 2.66. The van der Waals surface area contributed by atoms with E-state index in [0.717, 1.165) is 28.2 Å². The summed E-state index contributed by atoms with van der Waals surface area (Å²) in [6, 6.07) is 6.72. The number of carbonyl (C=O) groups is 3. The Morgan fingerprint density at radius 1 is 1.35 bits per heavy atom. The first kappa shape index (κ1) is 16.7. The number of carbonyl (C=O) groups excluding carboxylic acids is 3. The molecule has 1 aromatic heterocycles. The Bertz CT molecular complexity index is 913. The van der Waals surface area contributed by atoms with Crippen LogP contribution in [0.2, 0.25) is 0 Å². The molecule has 1 aliphatic heterocycles. The second-order valence-corrected chi connectivity index (χ2v) is 7.40. The lowest BCUT2D eigenvalue weighted by Crippen LogP contribution is -2.46. The highest BCUT2D eigenvalue weighted by Gasteiger charge is 2.54. The summed E-state index contributed by atoms with van der Waals surface area (Å²) in [4.78, 5) is 39.6. The fourth-order valence-electron chi connectivity index (χ4n) is 3.60. The molecular weight excluding hydrogens is 357 g/mol. The summed E-state index contributed by atoms with van der Waals surface area (Å²) < 4.78 is 13.2. The number of aryl methyl sites for hydroxylation is 1. The first-order valence-electron chi connectivity index (χ1n) is 8.26. The van der Waals surface area contributed by atoms with Gasteiger partial charge in [0.25, 0.3) is 5.91 Å². The van der Waals surface area contributed by atoms with E-state index in [0.29, 0.717) is 6.42 Å². The fraction of sp³-hybridized carbons (Fsp3) is 0.278. The van der Waals surface area contributed by atoms with E-state index in [9.17, 15) is 18.8 Å². The van der Waals surface area contributed by atoms with Crippen molar-refractivity contribution >= 4 is 34.9 Å². The van der Waals surface area contributed by atoms with Gasteiger partial charge in [0, 0.05) is 16.1 Å². The largest absolute Gasteiger partial charge is 0.325 e. The molecule has 4 rings (SSSR count). The third-order valence-electron chi connectivity index (χ3n) is 4.75. The average Bonchev–Trinajstić information content (AvgIpc) is 3.16. The molecule has 2 aromatic rings. The lowest BCUT2D eigenvalue weighted by atomic mass is 9.80. The second kappa shape index (κ2) is 6.21. The van der Waals surface area contributed by atoms with Gasteiger partial charge in [-0.3, -0.25) is 14.5 Å². The Hall–Kier alpha value is -2.74. The van der Waals surface area contributed by atoms with E-state index in [1.807, 2.05) is 11.4 Å². The number of anilines is 1. The zero-order valence-electron chi connectivity index (χ0n) is 13.8. The number of benzene rings is 1. The van der Waals surface area contributed by atoms with Gasteiger partial charge in [-0.15, -0.1) is 11.3 Å². The van der Waals surface area contributed by atoms with Gasteiger partial charge in [-0.05, 0) is 48.9 Å². The SMILES string of the molecule is O=C(CN1C(=O)NC2(CCCc3sccc32)C1=O)Nc1cccc(F)c1. The molecule has 0 bridgehead atoms. The first-order valence-corrected chi connectivity index (χ1v) is 9.14. The number of halogens is 1. The van der Waals surface area contributed by atoms with Crippen molar-refractivity contribution in [2.75, 3.05) is 11.9 Å². The lowest BCUT2D eigenvalue weighted by molar-refractivity contribution is -0.134. The van der Waals surface area contributed by atoms with Gasteiger partial charge in [0.05, 0.1) is 0 Å². The van der Waals surface area contributed by atoms with Gasteiger partial charge in [0.2, 0.25) is 5.91 Å². The topological polar surface area (TPSA) is 78.5 Å². The summed E-state index contributed by atoms with van der Waals surface area (Å²) >= 11 is 1.57. The molecule has 0 radical (unpaired) electrons. The molecule has 2 heterocycles. The highest BCUT2D eigenvalue weighted by atomic mass is 32.1. The molecular formula is C18H16FN3O3S. The van der Waals surface area contributed by atoms with Crippen molar-refractivity contribution in [1.82, 2.24) is 10.2 Å². The Morgan fingerprint density at radius 2 is 2.19 bits per heavy atom. The normalized spacial score (nSPS) is 21.7. The summed E-state index contributed by atoms with van der Waals surface area (Å²) in [6.45, 7) is -0.414. The molecule has 4 amide bonds. The summed E-state index contributed by atoms with van der Waals surface area (Å²) in [7, 11) is 0. The summed E-state index contributed by atoms with van der Waals surface area (Å²) in [5, 5.41) is 7.21. The van der Waals surface area contributed by atoms with E-state index in [4.69, 9.17) is 0 Å². The Balaban J connectivity index is 1.53. The predicted octanol–water partition coefficient (Wildman–Crippen LogP) is 2.61. The minimum atomic E-state index is -1.07. The first-order chi connectivity index (χ1) is 12.5. The number of hydrogen-bond donors (Lipinski definition) is 2. The molecule has 1 spiro atoms. The van der Waals surface area contributed by atoms with Crippen LogP contribution in [-0.2, 0) is 21.5 Å². The molecule has 8 heteroatoms. The van der Waals surface area contributed by atoms with Crippen molar-refractivity contribution in [1.29, 1.82) is 0 Å². The van der Waals surface area contributed by atoms with Gasteiger partial charge in [-0.2, -0.15) is 0 Å². The minimum Gasteiger partial charge on any atom is -0.324 e. The summed E-state index contributed by atoms with van der Waals surface area (Å²) in [5.74, 6) is -1.45. The second-order valence-electron chi connectivity index (χ2n) is 6.40. The molecule has 26 heavy (non-hydrogen) atoms. The summed E-state index contributed by atoms with van der Waals surface area (Å²) in [5.41, 5.74) is 0.0405. The number of urea groups is 1. The Kier molecular flexibility index (Phi) is 3.99. The highest BCUT2D eigenvalue weighted by Crippen LogP contribution is 2.42. The molecule has 134 valence electrons. The van der Waals surface area contributed by atoms with Crippen molar-refractivity contribution in [3.63, 3.8) is 0 Å². The van der Waals surface area contributed by atoms with Crippen LogP contribution in [0, 0.1) is 5.82 Å². The van der Waals surface area contributed by atoms with Crippen LogP contribution in [-0.4, -0.2) is 29.3 Å². The quantitative estimate of drug-likeness (QED) is 0.812. The van der Waals surface area contributed by atoms with Gasteiger partial charge in [-0.25, -0.2) is 9.18 Å². The van der Waals surface area contributed by atoms with Crippen LogP contribution >= 0.6 is 11.3 Å². The van der Waals surface area contributed by atoms with Crippen LogP contribution in [0.1, 0.15) is 23.3 Å². The number of rotatable bonds is 3. The number of hydrogen-bond acceptors (Lipinski definition) is 4. The molecule has 1 atom stereocenters. The van der Waals surface area contributed by atoms with Crippen molar-refractivity contribution in [3.05, 3.63) is 52.0 Å². The van der Waals surface area contributed by atoms with Crippen molar-refractivity contribution in [3.8, 4) is 0 Å². The zero-order chi connectivity index (χ0) is 18.3. The summed E-state index contributed by atoms with van der Waals surface area (Å²) in [6.07, 6.45) is 2.20. The minimum absolute atomic E-state index is 0.273. The van der Waals surface area contributed by atoms with Crippen molar-refractivity contribution in [2.24, 2.45) is 0 Å². The number of imide groups is 1. The van der Waals surface area contributed by atoms with Crippen LogP contribution in [0.25, 0.3) is 0 Å². The van der Waals surface area contributed by atoms with Gasteiger partial charge >= 0.3 is 6.03 Å². The number of nitrogens with zero attached hydrogens (tertiary/aromatic N) is 1. The van der Waals surface area contributed by atoms with Gasteiger partial charge in [0.1, 0.15) is 17.9 Å². The Morgan fingerprint density at radius 3 is 3.00 bits per heavy atom. The van der Waals surface area contributed by atoms with Crippen LogP contribution in [0.15, 0.2) is 35.7 Å². The number of amides is 4. The van der Waals surface area contributed by atoms with E-state index in [1.165, 1.54) is 24.3 Å². The molecule has 1 aliphatic carbocycles. The van der Waals surface area contributed by atoms with Crippen molar-refractivity contribution in [2.45, 2.75) is 24.8 Å². The van der Waals surface area contributed by atoms with E-state index in [1.54, 1.807) is 11.3 Å². The van der Waals surface area contributed by atoms with E-state index < -0.39 is 35.7 Å². The van der Waals surface area contributed by atoms with Gasteiger partial charge < -0.3 is 10.6 Å². The van der Waals surface area contributed by atoms with Crippen LogP contribution < -0.4 is 10.6 Å². The van der Waals surface area contributed by atoms with E-state index in [-0.39, 0.29) is 5.69 Å². The molecule has 1 unspecified atom stereocenters. The van der Waals surface area contributed by atoms with Gasteiger partial charge in [-0.1, -0.05) is 6.07 Å². The maximum absolute atomic E-state index is 13.2.